The van der Waals surface area contributed by atoms with Crippen molar-refractivity contribution < 1.29 is 9.53 Å². The largest absolute Gasteiger partial charge is 0.444 e. The molecule has 21 heavy (non-hydrogen) atoms. The maximum Gasteiger partial charge on any atom is 0.407 e. The Morgan fingerprint density at radius 2 is 2.05 bits per heavy atom. The van der Waals surface area contributed by atoms with Gasteiger partial charge in [0.1, 0.15) is 5.60 Å². The molecule has 0 aromatic carbocycles. The van der Waals surface area contributed by atoms with E-state index < -0.39 is 5.60 Å². The number of nitrogens with one attached hydrogen (secondary N) is 3. The molecule has 6 nitrogen and oxygen atoms in total. The Balaban J connectivity index is 2.40. The Morgan fingerprint density at radius 1 is 1.38 bits per heavy atom. The molecule has 0 aliphatic rings. The summed E-state index contributed by atoms with van der Waals surface area (Å²) in [5.41, 5.74) is 2.81. The van der Waals surface area contributed by atoms with Crippen LogP contribution in [0.15, 0.2) is 0 Å². The van der Waals surface area contributed by atoms with Crippen molar-refractivity contribution in [1.82, 2.24) is 20.8 Å². The molecule has 0 fully saturated rings. The zero-order valence-electron chi connectivity index (χ0n) is 14.0. The van der Waals surface area contributed by atoms with Crippen LogP contribution in [0.3, 0.4) is 0 Å². The number of aryl methyl sites for hydroxylation is 2. The highest BCUT2D eigenvalue weighted by Gasteiger charge is 2.17. The van der Waals surface area contributed by atoms with Gasteiger partial charge in [-0.3, -0.25) is 5.10 Å². The van der Waals surface area contributed by atoms with Crippen molar-refractivity contribution in [2.75, 3.05) is 6.54 Å². The summed E-state index contributed by atoms with van der Waals surface area (Å²) in [7, 11) is 0. The average molecular weight is 296 g/mol. The van der Waals surface area contributed by atoms with Crippen LogP contribution in [0.25, 0.3) is 0 Å². The predicted octanol–water partition coefficient (Wildman–Crippen LogP) is 2.42. The van der Waals surface area contributed by atoms with E-state index >= 15 is 0 Å². The Hall–Kier alpha value is -1.56. The molecule has 120 valence electrons. The smallest absolute Gasteiger partial charge is 0.407 e. The van der Waals surface area contributed by atoms with E-state index in [9.17, 15) is 4.79 Å². The molecule has 0 aliphatic carbocycles. The Labute approximate surface area is 127 Å². The van der Waals surface area contributed by atoms with Gasteiger partial charge in [-0.2, -0.15) is 5.10 Å². The molecule has 1 unspecified atom stereocenters. The number of carbonyl (C=O) groups is 1. The third-order valence-electron chi connectivity index (χ3n) is 3.23. The van der Waals surface area contributed by atoms with Crippen LogP contribution >= 0.6 is 0 Å². The van der Waals surface area contributed by atoms with Crippen LogP contribution in [0.2, 0.25) is 0 Å². The molecule has 0 saturated heterocycles. The fourth-order valence-corrected chi connectivity index (χ4v) is 1.96. The molecule has 1 rings (SSSR count). The van der Waals surface area contributed by atoms with E-state index in [0.717, 1.165) is 24.4 Å². The van der Waals surface area contributed by atoms with E-state index in [1.165, 1.54) is 5.56 Å². The molecule has 3 N–H and O–H groups in total. The lowest BCUT2D eigenvalue weighted by atomic mass is 10.1. The van der Waals surface area contributed by atoms with Crippen molar-refractivity contribution in [2.45, 2.75) is 66.2 Å². The molecular formula is C15H28N4O2. The second-order valence-electron chi connectivity index (χ2n) is 6.28. The highest BCUT2D eigenvalue weighted by Crippen LogP contribution is 2.09. The first-order valence-electron chi connectivity index (χ1n) is 7.43. The van der Waals surface area contributed by atoms with Crippen LogP contribution in [0, 0.1) is 13.8 Å². The third kappa shape index (κ3) is 6.16. The summed E-state index contributed by atoms with van der Waals surface area (Å²) in [6, 6.07) is 0.200. The van der Waals surface area contributed by atoms with Gasteiger partial charge in [-0.1, -0.05) is 6.92 Å². The van der Waals surface area contributed by atoms with E-state index in [0.29, 0.717) is 6.54 Å². The Bertz CT molecular complexity index is 443. The number of hydrogen-bond acceptors (Lipinski definition) is 4. The number of hydrogen-bond donors (Lipinski definition) is 3. The van der Waals surface area contributed by atoms with E-state index in [1.54, 1.807) is 0 Å². The summed E-state index contributed by atoms with van der Waals surface area (Å²) in [4.78, 5) is 11.6. The summed E-state index contributed by atoms with van der Waals surface area (Å²) < 4.78 is 5.23. The highest BCUT2D eigenvalue weighted by molar-refractivity contribution is 5.67. The average Bonchev–Trinajstić information content (AvgIpc) is 2.68. The van der Waals surface area contributed by atoms with Gasteiger partial charge in [0.05, 0.1) is 5.69 Å². The third-order valence-corrected chi connectivity index (χ3v) is 3.23. The molecule has 0 aliphatic heterocycles. The molecule has 0 spiro atoms. The van der Waals surface area contributed by atoms with E-state index in [4.69, 9.17) is 4.74 Å². The molecule has 0 radical (unpaired) electrons. The van der Waals surface area contributed by atoms with Gasteiger partial charge in [0.2, 0.25) is 0 Å². The van der Waals surface area contributed by atoms with Gasteiger partial charge in [0.25, 0.3) is 0 Å². The molecule has 1 aromatic rings. The van der Waals surface area contributed by atoms with Crippen molar-refractivity contribution in [3.63, 3.8) is 0 Å². The quantitative estimate of drug-likeness (QED) is 0.753. The second-order valence-corrected chi connectivity index (χ2v) is 6.28. The Kier molecular flexibility index (Phi) is 6.20. The van der Waals surface area contributed by atoms with Crippen LogP contribution in [-0.4, -0.2) is 34.5 Å². The monoisotopic (exact) mass is 296 g/mol. The van der Waals surface area contributed by atoms with Gasteiger partial charge in [0.15, 0.2) is 0 Å². The summed E-state index contributed by atoms with van der Waals surface area (Å²) in [6.45, 7) is 12.9. The number of aromatic amines is 1. The van der Waals surface area contributed by atoms with Gasteiger partial charge >= 0.3 is 6.09 Å². The molecule has 1 aromatic heterocycles. The predicted molar refractivity (Wildman–Crippen MR) is 83.2 cm³/mol. The number of nitrogens with zero attached hydrogens (tertiary/aromatic N) is 1. The number of rotatable bonds is 6. The fourth-order valence-electron chi connectivity index (χ4n) is 1.96. The summed E-state index contributed by atoms with van der Waals surface area (Å²) >= 11 is 0. The molecule has 1 amide bonds. The summed E-state index contributed by atoms with van der Waals surface area (Å²) in [6.07, 6.45) is 0.546. The van der Waals surface area contributed by atoms with Crippen molar-refractivity contribution in [1.29, 1.82) is 0 Å². The minimum atomic E-state index is -0.468. The summed E-state index contributed by atoms with van der Waals surface area (Å²) in [5, 5.41) is 13.4. The maximum atomic E-state index is 11.6. The Morgan fingerprint density at radius 3 is 2.52 bits per heavy atom. The zero-order chi connectivity index (χ0) is 16.0. The van der Waals surface area contributed by atoms with Crippen LogP contribution in [-0.2, 0) is 11.3 Å². The first-order valence-corrected chi connectivity index (χ1v) is 7.43. The first kappa shape index (κ1) is 17.5. The van der Waals surface area contributed by atoms with Crippen LogP contribution in [0.1, 0.15) is 51.1 Å². The summed E-state index contributed by atoms with van der Waals surface area (Å²) in [5.74, 6) is 0. The van der Waals surface area contributed by atoms with Gasteiger partial charge in [-0.25, -0.2) is 4.79 Å². The lowest BCUT2D eigenvalue weighted by molar-refractivity contribution is 0.0522. The number of carbonyl (C=O) groups excluding carboxylic acids is 1. The van der Waals surface area contributed by atoms with Crippen LogP contribution in [0.5, 0.6) is 0 Å². The van der Waals surface area contributed by atoms with E-state index in [-0.39, 0.29) is 12.1 Å². The molecule has 0 bridgehead atoms. The maximum absolute atomic E-state index is 11.6. The zero-order valence-corrected chi connectivity index (χ0v) is 14.0. The highest BCUT2D eigenvalue weighted by atomic mass is 16.6. The standard InChI is InChI=1S/C15H28N4O2/c1-7-12(8-17-14(20)21-15(4,5)6)16-9-13-10(2)18-19-11(13)3/h12,16H,7-9H2,1-6H3,(H,17,20)(H,18,19). The van der Waals surface area contributed by atoms with E-state index in [2.05, 4.69) is 27.8 Å². The van der Waals surface area contributed by atoms with Crippen molar-refractivity contribution >= 4 is 6.09 Å². The molecule has 1 heterocycles. The number of ether oxygens (including phenoxy) is 1. The molecule has 1 atom stereocenters. The van der Waals surface area contributed by atoms with Gasteiger partial charge < -0.3 is 15.4 Å². The minimum Gasteiger partial charge on any atom is -0.444 e. The number of alkyl carbamates (subject to hydrolysis) is 1. The van der Waals surface area contributed by atoms with Crippen molar-refractivity contribution in [3.8, 4) is 0 Å². The number of aromatic nitrogens is 2. The molecular weight excluding hydrogens is 268 g/mol. The number of H-pyrrole nitrogens is 1. The van der Waals surface area contributed by atoms with Crippen molar-refractivity contribution in [3.05, 3.63) is 17.0 Å². The number of amides is 1. The fraction of sp³-hybridized carbons (Fsp3) is 0.733. The van der Waals surface area contributed by atoms with Crippen LogP contribution < -0.4 is 10.6 Å². The minimum absolute atomic E-state index is 0.200. The normalized spacial score (nSPS) is 13.0. The molecule has 6 heteroatoms. The van der Waals surface area contributed by atoms with Crippen LogP contribution in [0.4, 0.5) is 4.79 Å². The second kappa shape index (κ2) is 7.45. The lowest BCUT2D eigenvalue weighted by Crippen LogP contribution is -2.42. The SMILES string of the molecule is CCC(CNC(=O)OC(C)(C)C)NCc1c(C)n[nH]c1C. The van der Waals surface area contributed by atoms with Gasteiger partial charge in [0, 0.05) is 30.4 Å². The van der Waals surface area contributed by atoms with Gasteiger partial charge in [-0.05, 0) is 41.0 Å². The van der Waals surface area contributed by atoms with Gasteiger partial charge in [-0.15, -0.1) is 0 Å². The topological polar surface area (TPSA) is 79.0 Å². The lowest BCUT2D eigenvalue weighted by Gasteiger charge is -2.22. The van der Waals surface area contributed by atoms with E-state index in [1.807, 2.05) is 34.6 Å². The van der Waals surface area contributed by atoms with Crippen molar-refractivity contribution in [2.24, 2.45) is 0 Å². The first-order chi connectivity index (χ1) is 9.73. The molecule has 0 saturated carbocycles.